The largest absolute Gasteiger partial charge is 0.495 e. The third-order valence-corrected chi connectivity index (χ3v) is 2.41. The van der Waals surface area contributed by atoms with Gasteiger partial charge in [0.2, 0.25) is 0 Å². The second kappa shape index (κ2) is 3.37. The van der Waals surface area contributed by atoms with Crippen LogP contribution < -0.4 is 4.74 Å². The van der Waals surface area contributed by atoms with E-state index in [1.54, 1.807) is 7.11 Å². The predicted molar refractivity (Wildman–Crippen MR) is 57.7 cm³/mol. The molecule has 2 aromatic rings. The van der Waals surface area contributed by atoms with E-state index in [4.69, 9.17) is 4.74 Å². The molecule has 2 nitrogen and oxygen atoms in total. The SMILES string of the molecule is COc1c[c]cc2ccn(C(C)C)c12. The van der Waals surface area contributed by atoms with E-state index in [2.05, 4.69) is 36.7 Å². The van der Waals surface area contributed by atoms with E-state index in [1.165, 1.54) is 5.39 Å². The maximum absolute atomic E-state index is 5.32. The first-order valence-electron chi connectivity index (χ1n) is 4.78. The van der Waals surface area contributed by atoms with Gasteiger partial charge in [0.15, 0.2) is 0 Å². The highest BCUT2D eigenvalue weighted by molar-refractivity contribution is 5.85. The van der Waals surface area contributed by atoms with Gasteiger partial charge < -0.3 is 9.30 Å². The van der Waals surface area contributed by atoms with Gasteiger partial charge >= 0.3 is 0 Å². The summed E-state index contributed by atoms with van der Waals surface area (Å²) in [4.78, 5) is 0. The smallest absolute Gasteiger partial charge is 0.143 e. The molecule has 0 unspecified atom stereocenters. The molecule has 0 fully saturated rings. The summed E-state index contributed by atoms with van der Waals surface area (Å²) in [5.74, 6) is 0.890. The van der Waals surface area contributed by atoms with Crippen molar-refractivity contribution in [3.05, 3.63) is 30.5 Å². The Morgan fingerprint density at radius 2 is 2.14 bits per heavy atom. The molecule has 0 saturated carbocycles. The average Bonchev–Trinajstić information content (AvgIpc) is 2.60. The Morgan fingerprint density at radius 3 is 2.79 bits per heavy atom. The number of rotatable bonds is 2. The van der Waals surface area contributed by atoms with Crippen LogP contribution in [-0.2, 0) is 0 Å². The fourth-order valence-electron chi connectivity index (χ4n) is 1.71. The van der Waals surface area contributed by atoms with Crippen LogP contribution in [0.4, 0.5) is 0 Å². The lowest BCUT2D eigenvalue weighted by Crippen LogP contribution is -1.99. The quantitative estimate of drug-likeness (QED) is 0.706. The summed E-state index contributed by atoms with van der Waals surface area (Å²) in [5.41, 5.74) is 1.15. The number of hydrogen-bond acceptors (Lipinski definition) is 1. The van der Waals surface area contributed by atoms with Crippen molar-refractivity contribution in [2.24, 2.45) is 0 Å². The van der Waals surface area contributed by atoms with Crippen LogP contribution in [0.15, 0.2) is 24.4 Å². The summed E-state index contributed by atoms with van der Waals surface area (Å²) in [6, 6.07) is 9.47. The topological polar surface area (TPSA) is 14.2 Å². The Bertz CT molecular complexity index is 443. The fourth-order valence-corrected chi connectivity index (χ4v) is 1.71. The van der Waals surface area contributed by atoms with Crippen LogP contribution in [-0.4, -0.2) is 11.7 Å². The molecule has 0 aliphatic carbocycles. The zero-order chi connectivity index (χ0) is 10.1. The van der Waals surface area contributed by atoms with Crippen LogP contribution in [0.5, 0.6) is 5.75 Å². The molecule has 2 rings (SSSR count). The standard InChI is InChI=1S/C12H14NO/c1-9(2)13-8-7-10-5-4-6-11(14-3)12(10)13/h5-9H,1-3H3. The Kier molecular flexibility index (Phi) is 2.20. The molecule has 73 valence electrons. The third-order valence-electron chi connectivity index (χ3n) is 2.41. The molecule has 1 aromatic carbocycles. The lowest BCUT2D eigenvalue weighted by atomic mass is 10.2. The van der Waals surface area contributed by atoms with Gasteiger partial charge in [-0.2, -0.15) is 0 Å². The van der Waals surface area contributed by atoms with E-state index < -0.39 is 0 Å². The zero-order valence-electron chi connectivity index (χ0n) is 8.74. The zero-order valence-corrected chi connectivity index (χ0v) is 8.74. The van der Waals surface area contributed by atoms with Crippen LogP contribution >= 0.6 is 0 Å². The molecular formula is C12H14NO. The molecule has 0 bridgehead atoms. The minimum absolute atomic E-state index is 0.448. The van der Waals surface area contributed by atoms with Crippen LogP contribution in [0.25, 0.3) is 10.9 Å². The lowest BCUT2D eigenvalue weighted by molar-refractivity contribution is 0.416. The van der Waals surface area contributed by atoms with Crippen molar-refractivity contribution >= 4 is 10.9 Å². The molecule has 0 amide bonds. The van der Waals surface area contributed by atoms with Gasteiger partial charge in [0, 0.05) is 17.6 Å². The van der Waals surface area contributed by atoms with E-state index in [1.807, 2.05) is 12.1 Å². The Hall–Kier alpha value is -1.44. The van der Waals surface area contributed by atoms with E-state index in [-0.39, 0.29) is 0 Å². The average molecular weight is 188 g/mol. The molecule has 1 heterocycles. The van der Waals surface area contributed by atoms with E-state index in [0.29, 0.717) is 6.04 Å². The summed E-state index contributed by atoms with van der Waals surface area (Å²) in [6.07, 6.45) is 2.09. The highest BCUT2D eigenvalue weighted by atomic mass is 16.5. The highest BCUT2D eigenvalue weighted by Gasteiger charge is 2.08. The number of ether oxygens (including phenoxy) is 1. The first-order chi connectivity index (χ1) is 6.74. The van der Waals surface area contributed by atoms with Gasteiger partial charge in [-0.1, -0.05) is 0 Å². The molecule has 1 radical (unpaired) electrons. The second-order valence-electron chi connectivity index (χ2n) is 3.64. The van der Waals surface area contributed by atoms with Crippen molar-refractivity contribution in [2.75, 3.05) is 7.11 Å². The second-order valence-corrected chi connectivity index (χ2v) is 3.64. The molecule has 0 saturated heterocycles. The van der Waals surface area contributed by atoms with Gasteiger partial charge in [0.05, 0.1) is 12.6 Å². The van der Waals surface area contributed by atoms with Crippen LogP contribution in [0.1, 0.15) is 19.9 Å². The predicted octanol–water partition coefficient (Wildman–Crippen LogP) is 3.03. The van der Waals surface area contributed by atoms with Gasteiger partial charge in [-0.05, 0) is 38.1 Å². The van der Waals surface area contributed by atoms with Crippen molar-refractivity contribution in [3.63, 3.8) is 0 Å². The fraction of sp³-hybridized carbons (Fsp3) is 0.333. The monoisotopic (exact) mass is 188 g/mol. The maximum Gasteiger partial charge on any atom is 0.143 e. The Balaban J connectivity index is 2.74. The van der Waals surface area contributed by atoms with Crippen LogP contribution in [0, 0.1) is 6.07 Å². The molecule has 0 N–H and O–H groups in total. The summed E-state index contributed by atoms with van der Waals surface area (Å²) in [7, 11) is 1.69. The number of benzene rings is 1. The van der Waals surface area contributed by atoms with Crippen LogP contribution in [0.2, 0.25) is 0 Å². The summed E-state index contributed by atoms with van der Waals surface area (Å²) in [5, 5.41) is 1.18. The van der Waals surface area contributed by atoms with Gasteiger partial charge in [-0.15, -0.1) is 0 Å². The number of hydrogen-bond donors (Lipinski definition) is 0. The molecule has 0 atom stereocenters. The van der Waals surface area contributed by atoms with Crippen molar-refractivity contribution in [1.29, 1.82) is 0 Å². The van der Waals surface area contributed by atoms with E-state index in [9.17, 15) is 0 Å². The summed E-state index contributed by atoms with van der Waals surface area (Å²) in [6.45, 7) is 4.32. The molecule has 0 spiro atoms. The summed E-state index contributed by atoms with van der Waals surface area (Å²) < 4.78 is 7.53. The summed E-state index contributed by atoms with van der Waals surface area (Å²) >= 11 is 0. The van der Waals surface area contributed by atoms with E-state index in [0.717, 1.165) is 11.3 Å². The van der Waals surface area contributed by atoms with Gasteiger partial charge in [0.1, 0.15) is 5.75 Å². The normalized spacial score (nSPS) is 11.1. The number of methoxy groups -OCH3 is 1. The van der Waals surface area contributed by atoms with Crippen molar-refractivity contribution in [3.8, 4) is 5.75 Å². The van der Waals surface area contributed by atoms with Crippen molar-refractivity contribution < 1.29 is 4.74 Å². The minimum Gasteiger partial charge on any atom is -0.495 e. The highest BCUT2D eigenvalue weighted by Crippen LogP contribution is 2.28. The first-order valence-corrected chi connectivity index (χ1v) is 4.78. The maximum atomic E-state index is 5.32. The van der Waals surface area contributed by atoms with Gasteiger partial charge in [-0.3, -0.25) is 0 Å². The molecule has 0 aliphatic heterocycles. The minimum atomic E-state index is 0.448. The number of fused-ring (bicyclic) bond motifs is 1. The Labute approximate surface area is 84.1 Å². The van der Waals surface area contributed by atoms with E-state index >= 15 is 0 Å². The molecule has 2 heteroatoms. The first kappa shape index (κ1) is 9.13. The number of nitrogens with zero attached hydrogens (tertiary/aromatic N) is 1. The Morgan fingerprint density at radius 1 is 1.36 bits per heavy atom. The van der Waals surface area contributed by atoms with Crippen molar-refractivity contribution in [1.82, 2.24) is 4.57 Å². The van der Waals surface area contributed by atoms with Crippen LogP contribution in [0.3, 0.4) is 0 Å². The molecule has 14 heavy (non-hydrogen) atoms. The number of aromatic nitrogens is 1. The molecule has 1 aromatic heterocycles. The van der Waals surface area contributed by atoms with Gasteiger partial charge in [-0.25, -0.2) is 0 Å². The van der Waals surface area contributed by atoms with Crippen molar-refractivity contribution in [2.45, 2.75) is 19.9 Å². The molecular weight excluding hydrogens is 174 g/mol. The molecule has 0 aliphatic rings. The lowest BCUT2D eigenvalue weighted by Gasteiger charge is -2.11. The van der Waals surface area contributed by atoms with Gasteiger partial charge in [0.25, 0.3) is 0 Å². The third kappa shape index (κ3) is 1.27.